The molecule has 0 spiro atoms. The summed E-state index contributed by atoms with van der Waals surface area (Å²) in [5.41, 5.74) is 2.56. The number of nitrogens with zero attached hydrogens (tertiary/aromatic N) is 2. The molecule has 4 rings (SSSR count). The monoisotopic (exact) mass is 452 g/mol. The summed E-state index contributed by atoms with van der Waals surface area (Å²) in [5.74, 6) is 0.331. The van der Waals surface area contributed by atoms with E-state index in [0.717, 1.165) is 17.7 Å². The molecule has 2 N–H and O–H groups in total. The molecule has 3 heterocycles. The van der Waals surface area contributed by atoms with Crippen molar-refractivity contribution in [2.45, 2.75) is 33.2 Å². The predicted octanol–water partition coefficient (Wildman–Crippen LogP) is 3.59. The van der Waals surface area contributed by atoms with Gasteiger partial charge in [0.15, 0.2) is 10.9 Å². The highest BCUT2D eigenvalue weighted by Gasteiger charge is 2.36. The number of carbonyl (C=O) groups excluding carboxylic acids is 3. The molecule has 1 fully saturated rings. The van der Waals surface area contributed by atoms with Crippen LogP contribution in [0.15, 0.2) is 46.2 Å². The molecule has 3 amide bonds. The van der Waals surface area contributed by atoms with Gasteiger partial charge in [-0.05, 0) is 30.2 Å². The standard InChI is InChI=1S/C23H24N4O4S/c1-3-15-6-4-5-7-19(15)27-12-16(10-21(27)29)22(30)26-23-25-18(13-32-23)20-9-8-17(31-20)11-24-14(2)28/h4-9,13,16H,3,10-12H2,1-2H3,(H,24,28)(H,25,26,30). The largest absolute Gasteiger partial charge is 0.458 e. The highest BCUT2D eigenvalue weighted by molar-refractivity contribution is 7.14. The molecule has 1 atom stereocenters. The van der Waals surface area contributed by atoms with E-state index in [0.29, 0.717) is 35.4 Å². The molecule has 0 radical (unpaired) electrons. The second kappa shape index (κ2) is 9.35. The third-order valence-corrected chi connectivity index (χ3v) is 6.08. The minimum Gasteiger partial charge on any atom is -0.458 e. The van der Waals surface area contributed by atoms with Crippen LogP contribution in [0.4, 0.5) is 10.8 Å². The normalized spacial score (nSPS) is 15.8. The molecule has 1 saturated heterocycles. The Hall–Kier alpha value is -3.46. The van der Waals surface area contributed by atoms with E-state index in [9.17, 15) is 14.4 Å². The Kier molecular flexibility index (Phi) is 6.36. The average Bonchev–Trinajstić information content (AvgIpc) is 3.52. The van der Waals surface area contributed by atoms with Crippen LogP contribution in [-0.4, -0.2) is 29.3 Å². The average molecular weight is 453 g/mol. The summed E-state index contributed by atoms with van der Waals surface area (Å²) in [6, 6.07) is 11.3. The Bertz CT molecular complexity index is 1150. The maximum Gasteiger partial charge on any atom is 0.231 e. The molecule has 1 unspecified atom stereocenters. The Labute approximate surface area is 189 Å². The van der Waals surface area contributed by atoms with Crippen LogP contribution >= 0.6 is 11.3 Å². The molecular formula is C23H24N4O4S. The summed E-state index contributed by atoms with van der Waals surface area (Å²) < 4.78 is 5.70. The molecular weight excluding hydrogens is 428 g/mol. The fourth-order valence-electron chi connectivity index (χ4n) is 3.66. The molecule has 166 valence electrons. The molecule has 32 heavy (non-hydrogen) atoms. The molecule has 3 aromatic rings. The molecule has 9 heteroatoms. The van der Waals surface area contributed by atoms with E-state index < -0.39 is 5.92 Å². The zero-order valence-corrected chi connectivity index (χ0v) is 18.7. The second-order valence-corrected chi connectivity index (χ2v) is 8.45. The van der Waals surface area contributed by atoms with Gasteiger partial charge in [-0.25, -0.2) is 4.98 Å². The van der Waals surface area contributed by atoms with Gasteiger partial charge in [0, 0.05) is 31.0 Å². The lowest BCUT2D eigenvalue weighted by Gasteiger charge is -2.19. The first-order valence-electron chi connectivity index (χ1n) is 10.4. The number of carbonyl (C=O) groups is 3. The number of aromatic nitrogens is 1. The number of benzene rings is 1. The number of para-hydroxylation sites is 1. The molecule has 8 nitrogen and oxygen atoms in total. The first-order valence-corrected chi connectivity index (χ1v) is 11.3. The van der Waals surface area contributed by atoms with Crippen molar-refractivity contribution in [2.24, 2.45) is 5.92 Å². The van der Waals surface area contributed by atoms with Crippen LogP contribution in [0.25, 0.3) is 11.5 Å². The van der Waals surface area contributed by atoms with Crippen LogP contribution in [0.1, 0.15) is 31.6 Å². The number of amides is 3. The fourth-order valence-corrected chi connectivity index (χ4v) is 4.37. The summed E-state index contributed by atoms with van der Waals surface area (Å²) in [6.45, 7) is 4.14. The van der Waals surface area contributed by atoms with E-state index in [1.54, 1.807) is 22.4 Å². The predicted molar refractivity (Wildman–Crippen MR) is 122 cm³/mol. The topological polar surface area (TPSA) is 105 Å². The van der Waals surface area contributed by atoms with Crippen molar-refractivity contribution in [1.82, 2.24) is 10.3 Å². The number of rotatable bonds is 7. The molecule has 2 aromatic heterocycles. The van der Waals surface area contributed by atoms with Gasteiger partial charge in [0.25, 0.3) is 0 Å². The molecule has 1 aliphatic rings. The Morgan fingerprint density at radius 1 is 1.25 bits per heavy atom. The van der Waals surface area contributed by atoms with Gasteiger partial charge >= 0.3 is 0 Å². The summed E-state index contributed by atoms with van der Waals surface area (Å²) in [5, 5.41) is 7.75. The molecule has 1 aliphatic heterocycles. The van der Waals surface area contributed by atoms with Crippen molar-refractivity contribution in [2.75, 3.05) is 16.8 Å². The van der Waals surface area contributed by atoms with Gasteiger partial charge < -0.3 is 20.0 Å². The lowest BCUT2D eigenvalue weighted by atomic mass is 10.1. The van der Waals surface area contributed by atoms with Crippen molar-refractivity contribution in [3.63, 3.8) is 0 Å². The van der Waals surface area contributed by atoms with Gasteiger partial charge in [-0.3, -0.25) is 14.4 Å². The van der Waals surface area contributed by atoms with E-state index in [1.807, 2.05) is 31.2 Å². The van der Waals surface area contributed by atoms with Crippen molar-refractivity contribution < 1.29 is 18.8 Å². The summed E-state index contributed by atoms with van der Waals surface area (Å²) >= 11 is 1.29. The van der Waals surface area contributed by atoms with Crippen molar-refractivity contribution >= 4 is 39.9 Å². The minimum absolute atomic E-state index is 0.0480. The molecule has 0 aliphatic carbocycles. The molecule has 0 saturated carbocycles. The summed E-state index contributed by atoms with van der Waals surface area (Å²) in [6.07, 6.45) is 0.991. The van der Waals surface area contributed by atoms with Crippen LogP contribution in [-0.2, 0) is 27.3 Å². The highest BCUT2D eigenvalue weighted by Crippen LogP contribution is 2.30. The van der Waals surface area contributed by atoms with E-state index in [1.165, 1.54) is 18.3 Å². The third kappa shape index (κ3) is 4.72. The second-order valence-electron chi connectivity index (χ2n) is 7.59. The Balaban J connectivity index is 1.39. The van der Waals surface area contributed by atoms with Crippen molar-refractivity contribution in [3.8, 4) is 11.5 Å². The minimum atomic E-state index is -0.437. The smallest absolute Gasteiger partial charge is 0.231 e. The highest BCUT2D eigenvalue weighted by atomic mass is 32.1. The van der Waals surface area contributed by atoms with E-state index >= 15 is 0 Å². The maximum absolute atomic E-state index is 12.8. The number of furan rings is 1. The van der Waals surface area contributed by atoms with E-state index in [4.69, 9.17) is 4.42 Å². The van der Waals surface area contributed by atoms with Crippen LogP contribution in [0, 0.1) is 5.92 Å². The zero-order chi connectivity index (χ0) is 22.7. The number of hydrogen-bond acceptors (Lipinski definition) is 6. The SMILES string of the molecule is CCc1ccccc1N1CC(C(=O)Nc2nc(-c3ccc(CNC(C)=O)o3)cs2)CC1=O. The number of aryl methyl sites for hydroxylation is 1. The summed E-state index contributed by atoms with van der Waals surface area (Å²) in [7, 11) is 0. The summed E-state index contributed by atoms with van der Waals surface area (Å²) in [4.78, 5) is 42.6. The van der Waals surface area contributed by atoms with Gasteiger partial charge in [0.05, 0.1) is 12.5 Å². The lowest BCUT2D eigenvalue weighted by Crippen LogP contribution is -2.28. The van der Waals surface area contributed by atoms with Crippen molar-refractivity contribution in [1.29, 1.82) is 0 Å². The Morgan fingerprint density at radius 2 is 2.06 bits per heavy atom. The Morgan fingerprint density at radius 3 is 2.84 bits per heavy atom. The van der Waals surface area contributed by atoms with Crippen LogP contribution < -0.4 is 15.5 Å². The molecule has 0 bridgehead atoms. The maximum atomic E-state index is 12.8. The lowest BCUT2D eigenvalue weighted by molar-refractivity contribution is -0.122. The quantitative estimate of drug-likeness (QED) is 0.570. The van der Waals surface area contributed by atoms with Crippen LogP contribution in [0.5, 0.6) is 0 Å². The van der Waals surface area contributed by atoms with E-state index in [-0.39, 0.29) is 24.1 Å². The number of nitrogens with one attached hydrogen (secondary N) is 2. The first-order chi connectivity index (χ1) is 15.4. The van der Waals surface area contributed by atoms with Gasteiger partial charge in [-0.2, -0.15) is 0 Å². The first kappa shape index (κ1) is 21.8. The fraction of sp³-hybridized carbons (Fsp3) is 0.304. The number of anilines is 2. The van der Waals surface area contributed by atoms with Gasteiger partial charge in [-0.1, -0.05) is 25.1 Å². The van der Waals surface area contributed by atoms with E-state index in [2.05, 4.69) is 15.6 Å². The molecule has 1 aromatic carbocycles. The van der Waals surface area contributed by atoms with Gasteiger partial charge in [0.1, 0.15) is 11.5 Å². The number of thiazole rings is 1. The third-order valence-electron chi connectivity index (χ3n) is 5.32. The van der Waals surface area contributed by atoms with Gasteiger partial charge in [0.2, 0.25) is 17.7 Å². The zero-order valence-electron chi connectivity index (χ0n) is 17.9. The van der Waals surface area contributed by atoms with Crippen LogP contribution in [0.3, 0.4) is 0 Å². The number of hydrogen-bond donors (Lipinski definition) is 2. The van der Waals surface area contributed by atoms with Crippen LogP contribution in [0.2, 0.25) is 0 Å². The van der Waals surface area contributed by atoms with Gasteiger partial charge in [-0.15, -0.1) is 11.3 Å². The van der Waals surface area contributed by atoms with Crippen molar-refractivity contribution in [3.05, 3.63) is 53.1 Å².